The predicted molar refractivity (Wildman–Crippen MR) is 91.0 cm³/mol. The van der Waals surface area contributed by atoms with Crippen molar-refractivity contribution < 1.29 is 9.72 Å². The summed E-state index contributed by atoms with van der Waals surface area (Å²) in [6.07, 6.45) is 0. The zero-order valence-corrected chi connectivity index (χ0v) is 13.2. The summed E-state index contributed by atoms with van der Waals surface area (Å²) in [4.78, 5) is 26.4. The Morgan fingerprint density at radius 2 is 1.39 bits per heavy atom. The van der Waals surface area contributed by atoms with Crippen LogP contribution in [0, 0.1) is 10.1 Å². The molecule has 0 saturated carbocycles. The van der Waals surface area contributed by atoms with E-state index in [1.54, 1.807) is 21.9 Å². The van der Waals surface area contributed by atoms with Gasteiger partial charge in [-0.25, -0.2) is 4.79 Å². The number of carbonyl (C=O) groups is 1. The van der Waals surface area contributed by atoms with Gasteiger partial charge in [-0.05, 0) is 38.1 Å². The molecule has 0 saturated heterocycles. The minimum absolute atomic E-state index is 0.00709. The third kappa shape index (κ3) is 3.66. The zero-order valence-electron chi connectivity index (χ0n) is 13.2. The fourth-order valence-electron chi connectivity index (χ4n) is 2.36. The number of carbonyl (C=O) groups excluding carboxylic acids is 1. The van der Waals surface area contributed by atoms with Gasteiger partial charge in [0.05, 0.1) is 4.92 Å². The minimum atomic E-state index is -0.454. The van der Waals surface area contributed by atoms with Crippen LogP contribution in [-0.2, 0) is 0 Å². The standard InChI is InChI=1S/C17H19N3O3/c1-3-18(14-8-6-5-7-9-14)17(21)19(4-2)15-10-12-16(13-11-15)20(22)23/h5-13H,3-4H2,1-2H3. The number of hydrogen-bond donors (Lipinski definition) is 0. The lowest BCUT2D eigenvalue weighted by Crippen LogP contribution is -2.43. The van der Waals surface area contributed by atoms with Gasteiger partial charge in [-0.15, -0.1) is 0 Å². The summed E-state index contributed by atoms with van der Waals surface area (Å²) < 4.78 is 0. The molecule has 6 heteroatoms. The number of non-ortho nitro benzene ring substituents is 1. The smallest absolute Gasteiger partial charge is 0.294 e. The van der Waals surface area contributed by atoms with Crippen molar-refractivity contribution >= 4 is 23.1 Å². The molecule has 23 heavy (non-hydrogen) atoms. The Balaban J connectivity index is 2.28. The van der Waals surface area contributed by atoms with E-state index in [2.05, 4.69) is 0 Å². The SMILES string of the molecule is CCN(C(=O)N(CC)c1ccc([N+](=O)[O-])cc1)c1ccccc1. The molecule has 2 rings (SSSR count). The van der Waals surface area contributed by atoms with Crippen molar-refractivity contribution in [1.29, 1.82) is 0 Å². The van der Waals surface area contributed by atoms with Crippen LogP contribution in [0.25, 0.3) is 0 Å². The topological polar surface area (TPSA) is 66.7 Å². The lowest BCUT2D eigenvalue weighted by Gasteiger charge is -2.29. The number of anilines is 2. The van der Waals surface area contributed by atoms with Crippen molar-refractivity contribution in [3.05, 3.63) is 64.7 Å². The number of rotatable bonds is 5. The second-order valence-corrected chi connectivity index (χ2v) is 4.88. The first-order valence-electron chi connectivity index (χ1n) is 7.47. The van der Waals surface area contributed by atoms with E-state index in [-0.39, 0.29) is 11.7 Å². The van der Waals surface area contributed by atoms with Gasteiger partial charge in [0, 0.05) is 36.6 Å². The van der Waals surface area contributed by atoms with Crippen LogP contribution in [0.2, 0.25) is 0 Å². The number of urea groups is 1. The van der Waals surface area contributed by atoms with Crippen LogP contribution in [0.5, 0.6) is 0 Å². The van der Waals surface area contributed by atoms with E-state index in [4.69, 9.17) is 0 Å². The summed E-state index contributed by atoms with van der Waals surface area (Å²) in [6, 6.07) is 15.3. The summed E-state index contributed by atoms with van der Waals surface area (Å²) in [6.45, 7) is 4.79. The monoisotopic (exact) mass is 313 g/mol. The van der Waals surface area contributed by atoms with Gasteiger partial charge in [-0.2, -0.15) is 0 Å². The van der Waals surface area contributed by atoms with Gasteiger partial charge in [-0.3, -0.25) is 19.9 Å². The van der Waals surface area contributed by atoms with E-state index in [0.29, 0.717) is 18.8 Å². The average Bonchev–Trinajstić information content (AvgIpc) is 2.57. The van der Waals surface area contributed by atoms with Gasteiger partial charge < -0.3 is 0 Å². The highest BCUT2D eigenvalue weighted by Crippen LogP contribution is 2.22. The molecule has 0 aromatic heterocycles. The fourth-order valence-corrected chi connectivity index (χ4v) is 2.36. The van der Waals surface area contributed by atoms with E-state index >= 15 is 0 Å². The Morgan fingerprint density at radius 1 is 0.913 bits per heavy atom. The molecule has 0 aliphatic rings. The lowest BCUT2D eigenvalue weighted by atomic mass is 10.2. The second kappa shape index (κ2) is 7.40. The summed E-state index contributed by atoms with van der Waals surface area (Å²) in [5, 5.41) is 10.7. The van der Waals surface area contributed by atoms with Gasteiger partial charge in [0.1, 0.15) is 0 Å². The summed E-state index contributed by atoms with van der Waals surface area (Å²) in [5.41, 5.74) is 1.46. The molecule has 0 radical (unpaired) electrons. The lowest BCUT2D eigenvalue weighted by molar-refractivity contribution is -0.384. The molecular weight excluding hydrogens is 294 g/mol. The van der Waals surface area contributed by atoms with E-state index < -0.39 is 4.92 Å². The highest BCUT2D eigenvalue weighted by molar-refractivity contribution is 6.03. The molecule has 2 aromatic carbocycles. The molecule has 6 nitrogen and oxygen atoms in total. The Labute approximate surface area is 135 Å². The number of amides is 2. The second-order valence-electron chi connectivity index (χ2n) is 4.88. The molecule has 0 aliphatic carbocycles. The van der Waals surface area contributed by atoms with Crippen LogP contribution in [-0.4, -0.2) is 24.0 Å². The van der Waals surface area contributed by atoms with Gasteiger partial charge in [0.2, 0.25) is 0 Å². The van der Waals surface area contributed by atoms with Crippen LogP contribution in [0.3, 0.4) is 0 Å². The van der Waals surface area contributed by atoms with Gasteiger partial charge in [0.15, 0.2) is 0 Å². The van der Waals surface area contributed by atoms with Crippen LogP contribution in [0.4, 0.5) is 21.9 Å². The minimum Gasteiger partial charge on any atom is -0.294 e. The van der Waals surface area contributed by atoms with Crippen molar-refractivity contribution in [3.8, 4) is 0 Å². The van der Waals surface area contributed by atoms with Crippen molar-refractivity contribution in [2.45, 2.75) is 13.8 Å². The molecule has 0 unspecified atom stereocenters. The Bertz CT molecular complexity index is 671. The number of nitrogens with zero attached hydrogens (tertiary/aromatic N) is 3. The number of nitro benzene ring substituents is 1. The van der Waals surface area contributed by atoms with E-state index in [0.717, 1.165) is 5.69 Å². The molecule has 0 fully saturated rings. The third-order valence-corrected chi connectivity index (χ3v) is 3.53. The van der Waals surface area contributed by atoms with Crippen LogP contribution >= 0.6 is 0 Å². The fraction of sp³-hybridized carbons (Fsp3) is 0.235. The average molecular weight is 313 g/mol. The molecule has 0 N–H and O–H groups in total. The summed E-state index contributed by atoms with van der Waals surface area (Å²) in [7, 11) is 0. The summed E-state index contributed by atoms with van der Waals surface area (Å²) in [5.74, 6) is 0. The van der Waals surface area contributed by atoms with Crippen molar-refractivity contribution in [1.82, 2.24) is 0 Å². The van der Waals surface area contributed by atoms with Gasteiger partial charge >= 0.3 is 6.03 Å². The first kappa shape index (κ1) is 16.5. The first-order valence-corrected chi connectivity index (χ1v) is 7.47. The van der Waals surface area contributed by atoms with Crippen LogP contribution < -0.4 is 9.80 Å². The van der Waals surface area contributed by atoms with Crippen molar-refractivity contribution in [2.75, 3.05) is 22.9 Å². The summed E-state index contributed by atoms with van der Waals surface area (Å²) >= 11 is 0. The number of hydrogen-bond acceptors (Lipinski definition) is 3. The molecule has 0 aliphatic heterocycles. The molecule has 0 heterocycles. The predicted octanol–water partition coefficient (Wildman–Crippen LogP) is 4.07. The normalized spacial score (nSPS) is 10.2. The third-order valence-electron chi connectivity index (χ3n) is 3.53. The zero-order chi connectivity index (χ0) is 16.8. The molecular formula is C17H19N3O3. The first-order chi connectivity index (χ1) is 11.1. The van der Waals surface area contributed by atoms with Crippen LogP contribution in [0.1, 0.15) is 13.8 Å². The van der Waals surface area contributed by atoms with E-state index in [1.165, 1.54) is 12.1 Å². The van der Waals surface area contributed by atoms with Crippen molar-refractivity contribution in [3.63, 3.8) is 0 Å². The number of para-hydroxylation sites is 1. The Hall–Kier alpha value is -2.89. The largest absolute Gasteiger partial charge is 0.328 e. The van der Waals surface area contributed by atoms with Crippen molar-refractivity contribution in [2.24, 2.45) is 0 Å². The van der Waals surface area contributed by atoms with E-state index in [1.807, 2.05) is 44.2 Å². The maximum absolute atomic E-state index is 12.8. The quantitative estimate of drug-likeness (QED) is 0.617. The maximum Gasteiger partial charge on any atom is 0.328 e. The van der Waals surface area contributed by atoms with Crippen LogP contribution in [0.15, 0.2) is 54.6 Å². The molecule has 0 bridgehead atoms. The molecule has 2 amide bonds. The number of benzene rings is 2. The van der Waals surface area contributed by atoms with Gasteiger partial charge in [-0.1, -0.05) is 18.2 Å². The molecule has 2 aromatic rings. The number of nitro groups is 1. The molecule has 120 valence electrons. The molecule has 0 atom stereocenters. The highest BCUT2D eigenvalue weighted by atomic mass is 16.6. The highest BCUT2D eigenvalue weighted by Gasteiger charge is 2.21. The van der Waals surface area contributed by atoms with E-state index in [9.17, 15) is 14.9 Å². The molecule has 0 spiro atoms. The van der Waals surface area contributed by atoms with Gasteiger partial charge in [0.25, 0.3) is 5.69 Å². The Morgan fingerprint density at radius 3 is 1.83 bits per heavy atom. The maximum atomic E-state index is 12.8. The Kier molecular flexibility index (Phi) is 5.30.